The van der Waals surface area contributed by atoms with Gasteiger partial charge in [0.2, 0.25) is 0 Å². The molecule has 2 N–H and O–H groups in total. The first-order chi connectivity index (χ1) is 17.3. The number of ether oxygens (including phenoxy) is 2. The number of carbonyl (C=O) groups is 4. The minimum absolute atomic E-state index is 0.0916. The second-order valence-electron chi connectivity index (χ2n) is 13.3. The molecule has 38 heavy (non-hydrogen) atoms. The van der Waals surface area contributed by atoms with Crippen LogP contribution in [0.5, 0.6) is 0 Å². The largest absolute Gasteiger partial charge is 0.459 e. The van der Waals surface area contributed by atoms with Crippen LogP contribution in [0.3, 0.4) is 0 Å². The van der Waals surface area contributed by atoms with Crippen molar-refractivity contribution in [3.8, 4) is 0 Å². The molecule has 218 valence electrons. The second-order valence-corrected chi connectivity index (χ2v) is 13.3. The predicted octanol–water partition coefficient (Wildman–Crippen LogP) is 2.39. The van der Waals surface area contributed by atoms with Gasteiger partial charge in [0.25, 0.3) is 0 Å². The molecule has 0 atom stereocenters. The van der Waals surface area contributed by atoms with Gasteiger partial charge in [0.1, 0.15) is 0 Å². The van der Waals surface area contributed by atoms with Gasteiger partial charge in [-0.3, -0.25) is 9.59 Å². The van der Waals surface area contributed by atoms with Crippen molar-refractivity contribution in [1.29, 1.82) is 0 Å². The Morgan fingerprint density at radius 3 is 1.11 bits per heavy atom. The lowest BCUT2D eigenvalue weighted by molar-refractivity contribution is -0.164. The first kappa shape index (κ1) is 32.0. The maximum Gasteiger partial charge on any atom is 0.397 e. The SMILES string of the molecule is CCOC(=O)C(=O)N(CCN(C(=O)C(=O)OCC)C1CC(C)(C)NC(C)(C)C1)C1CC(C)(C)NC(C)(C)C1. The van der Waals surface area contributed by atoms with E-state index in [0.29, 0.717) is 25.7 Å². The lowest BCUT2D eigenvalue weighted by atomic mass is 9.78. The number of nitrogens with zero attached hydrogens (tertiary/aromatic N) is 2. The molecule has 2 amide bonds. The molecule has 0 bridgehead atoms. The fourth-order valence-corrected chi connectivity index (χ4v) is 6.71. The summed E-state index contributed by atoms with van der Waals surface area (Å²) in [5.41, 5.74) is -1.10. The molecule has 0 unspecified atom stereocenters. The molecular weight excluding hydrogens is 488 g/mol. The Hall–Kier alpha value is -2.20. The first-order valence-electron chi connectivity index (χ1n) is 13.9. The molecule has 2 fully saturated rings. The monoisotopic (exact) mass is 538 g/mol. The Labute approximate surface area is 228 Å². The highest BCUT2D eigenvalue weighted by Crippen LogP contribution is 2.34. The van der Waals surface area contributed by atoms with Gasteiger partial charge < -0.3 is 29.9 Å². The number of hydrogen-bond donors (Lipinski definition) is 2. The maximum atomic E-state index is 13.4. The molecule has 0 saturated carbocycles. The summed E-state index contributed by atoms with van der Waals surface area (Å²) in [6, 6.07) is -0.503. The summed E-state index contributed by atoms with van der Waals surface area (Å²) in [5.74, 6) is -3.26. The highest BCUT2D eigenvalue weighted by Gasteiger charge is 2.45. The van der Waals surface area contributed by atoms with Gasteiger partial charge in [-0.1, -0.05) is 0 Å². The van der Waals surface area contributed by atoms with Crippen LogP contribution in [-0.2, 0) is 28.7 Å². The lowest BCUT2D eigenvalue weighted by Gasteiger charge is -2.51. The normalized spacial score (nSPS) is 22.3. The highest BCUT2D eigenvalue weighted by molar-refractivity contribution is 6.33. The van der Waals surface area contributed by atoms with Gasteiger partial charge in [0.05, 0.1) is 13.2 Å². The third-order valence-corrected chi connectivity index (χ3v) is 7.22. The zero-order valence-electron chi connectivity index (χ0n) is 25.2. The molecule has 2 aliphatic heterocycles. The summed E-state index contributed by atoms with van der Waals surface area (Å²) in [6.07, 6.45) is 2.50. The molecule has 0 aromatic carbocycles. The molecule has 10 heteroatoms. The summed E-state index contributed by atoms with van der Waals surface area (Å²) < 4.78 is 10.1. The molecule has 0 aromatic rings. The maximum absolute atomic E-state index is 13.4. The van der Waals surface area contributed by atoms with Crippen molar-refractivity contribution >= 4 is 23.8 Å². The van der Waals surface area contributed by atoms with Crippen LogP contribution in [0.1, 0.15) is 94.9 Å². The van der Waals surface area contributed by atoms with E-state index in [-0.39, 0.29) is 60.5 Å². The van der Waals surface area contributed by atoms with E-state index in [0.717, 1.165) is 0 Å². The van der Waals surface area contributed by atoms with E-state index in [1.165, 1.54) is 0 Å². The number of carbonyl (C=O) groups excluding carboxylic acids is 4. The smallest absolute Gasteiger partial charge is 0.397 e. The van der Waals surface area contributed by atoms with Gasteiger partial charge in [-0.25, -0.2) is 9.59 Å². The third kappa shape index (κ3) is 8.66. The molecular formula is C28H50N4O6. The zero-order chi connectivity index (χ0) is 29.1. The number of nitrogens with one attached hydrogen (secondary N) is 2. The standard InChI is InChI=1S/C28H50N4O6/c1-11-37-23(35)21(33)31(19-15-25(3,4)29-26(5,6)16-19)13-14-32(22(34)24(36)38-12-2)20-17-27(7,8)30-28(9,10)18-20/h19-20,29-30H,11-18H2,1-10H3. The van der Waals surface area contributed by atoms with Gasteiger partial charge in [-0.15, -0.1) is 0 Å². The van der Waals surface area contributed by atoms with Crippen LogP contribution in [0.25, 0.3) is 0 Å². The summed E-state index contributed by atoms with van der Waals surface area (Å²) in [4.78, 5) is 55.1. The number of hydrogen-bond acceptors (Lipinski definition) is 8. The first-order valence-corrected chi connectivity index (χ1v) is 13.9. The van der Waals surface area contributed by atoms with Gasteiger partial charge in [0, 0.05) is 47.3 Å². The topological polar surface area (TPSA) is 117 Å². The summed E-state index contributed by atoms with van der Waals surface area (Å²) >= 11 is 0. The molecule has 0 aromatic heterocycles. The summed E-state index contributed by atoms with van der Waals surface area (Å²) in [5, 5.41) is 7.21. The van der Waals surface area contributed by atoms with E-state index in [9.17, 15) is 19.2 Å². The number of rotatable bonds is 7. The lowest BCUT2D eigenvalue weighted by Crippen LogP contribution is -2.65. The van der Waals surface area contributed by atoms with Crippen LogP contribution in [-0.4, -0.2) is 94.1 Å². The Balaban J connectivity index is 2.42. The van der Waals surface area contributed by atoms with Crippen LogP contribution in [0, 0.1) is 0 Å². The summed E-state index contributed by atoms with van der Waals surface area (Å²) in [7, 11) is 0. The minimum Gasteiger partial charge on any atom is -0.459 e. The quantitative estimate of drug-likeness (QED) is 0.375. The molecule has 10 nitrogen and oxygen atoms in total. The van der Waals surface area contributed by atoms with E-state index in [1.54, 1.807) is 23.6 Å². The van der Waals surface area contributed by atoms with Crippen LogP contribution < -0.4 is 10.6 Å². The zero-order valence-corrected chi connectivity index (χ0v) is 25.2. The third-order valence-electron chi connectivity index (χ3n) is 7.22. The number of piperidine rings is 2. The minimum atomic E-state index is -0.908. The predicted molar refractivity (Wildman–Crippen MR) is 145 cm³/mol. The molecule has 0 aliphatic carbocycles. The van der Waals surface area contributed by atoms with E-state index in [4.69, 9.17) is 9.47 Å². The average molecular weight is 539 g/mol. The van der Waals surface area contributed by atoms with Crippen molar-refractivity contribution in [3.63, 3.8) is 0 Å². The number of esters is 2. The van der Waals surface area contributed by atoms with Crippen molar-refractivity contribution in [2.45, 2.75) is 129 Å². The molecule has 0 radical (unpaired) electrons. The van der Waals surface area contributed by atoms with Gasteiger partial charge in [-0.05, 0) is 94.9 Å². The van der Waals surface area contributed by atoms with Crippen molar-refractivity contribution in [1.82, 2.24) is 20.4 Å². The average Bonchev–Trinajstić information content (AvgIpc) is 2.71. The van der Waals surface area contributed by atoms with Gasteiger partial charge >= 0.3 is 23.8 Å². The van der Waals surface area contributed by atoms with E-state index in [2.05, 4.69) is 66.0 Å². The van der Waals surface area contributed by atoms with E-state index >= 15 is 0 Å². The van der Waals surface area contributed by atoms with Gasteiger partial charge in [-0.2, -0.15) is 0 Å². The number of amides is 2. The fraction of sp³-hybridized carbons (Fsp3) is 0.857. The molecule has 2 heterocycles. The van der Waals surface area contributed by atoms with Crippen LogP contribution >= 0.6 is 0 Å². The van der Waals surface area contributed by atoms with Crippen molar-refractivity contribution < 1.29 is 28.7 Å². The summed E-state index contributed by atoms with van der Waals surface area (Å²) in [6.45, 7) is 20.3. The van der Waals surface area contributed by atoms with E-state index in [1.807, 2.05) is 0 Å². The Bertz CT molecular complexity index is 794. The van der Waals surface area contributed by atoms with Crippen molar-refractivity contribution in [3.05, 3.63) is 0 Å². The van der Waals surface area contributed by atoms with Crippen LogP contribution in [0.4, 0.5) is 0 Å². The molecule has 2 saturated heterocycles. The Morgan fingerprint density at radius 1 is 0.605 bits per heavy atom. The van der Waals surface area contributed by atoms with Crippen LogP contribution in [0.2, 0.25) is 0 Å². The molecule has 2 aliphatic rings. The Morgan fingerprint density at radius 2 is 0.868 bits per heavy atom. The highest BCUT2D eigenvalue weighted by atomic mass is 16.5. The van der Waals surface area contributed by atoms with Crippen molar-refractivity contribution in [2.24, 2.45) is 0 Å². The van der Waals surface area contributed by atoms with Crippen LogP contribution in [0.15, 0.2) is 0 Å². The van der Waals surface area contributed by atoms with Crippen molar-refractivity contribution in [2.75, 3.05) is 26.3 Å². The fourth-order valence-electron chi connectivity index (χ4n) is 6.71. The van der Waals surface area contributed by atoms with E-state index < -0.39 is 23.8 Å². The second kappa shape index (κ2) is 11.9. The molecule has 2 rings (SSSR count). The van der Waals surface area contributed by atoms with Gasteiger partial charge in [0.15, 0.2) is 0 Å². The Kier molecular flexibility index (Phi) is 10.0. The molecule has 0 spiro atoms.